The standard InChI is InChI=1S/C10H14FNO4S/c1-7(6-15-2)16-9-4-3-8(11)5-10(9)17(12,13)14/h3-5,7H,6H2,1-2H3,(H2,12,13,14). The largest absolute Gasteiger partial charge is 0.487 e. The second-order valence-electron chi connectivity index (χ2n) is 3.52. The Kier molecular flexibility index (Phi) is 4.44. The number of hydrogen-bond donors (Lipinski definition) is 1. The molecule has 0 saturated carbocycles. The van der Waals surface area contributed by atoms with Crippen molar-refractivity contribution >= 4 is 10.0 Å². The summed E-state index contributed by atoms with van der Waals surface area (Å²) in [5, 5.41) is 4.97. The topological polar surface area (TPSA) is 78.6 Å². The summed E-state index contributed by atoms with van der Waals surface area (Å²) in [5.74, 6) is -0.681. The Morgan fingerprint density at radius 2 is 2.12 bits per heavy atom. The predicted molar refractivity (Wildman–Crippen MR) is 59.7 cm³/mol. The minimum Gasteiger partial charge on any atom is -0.487 e. The zero-order valence-corrected chi connectivity index (χ0v) is 10.3. The van der Waals surface area contributed by atoms with Crippen molar-refractivity contribution in [3.8, 4) is 5.75 Å². The highest BCUT2D eigenvalue weighted by Crippen LogP contribution is 2.24. The second kappa shape index (κ2) is 5.44. The van der Waals surface area contributed by atoms with Crippen LogP contribution < -0.4 is 9.88 Å². The summed E-state index contributed by atoms with van der Waals surface area (Å²) in [4.78, 5) is -0.375. The fourth-order valence-corrected chi connectivity index (χ4v) is 1.96. The number of sulfonamides is 1. The molecule has 5 nitrogen and oxygen atoms in total. The molecular formula is C10H14FNO4S. The van der Waals surface area contributed by atoms with Gasteiger partial charge in [0.15, 0.2) is 0 Å². The number of benzene rings is 1. The van der Waals surface area contributed by atoms with Gasteiger partial charge in [-0.1, -0.05) is 0 Å². The van der Waals surface area contributed by atoms with Crippen LogP contribution >= 0.6 is 0 Å². The maximum Gasteiger partial charge on any atom is 0.241 e. The number of nitrogens with two attached hydrogens (primary N) is 1. The predicted octanol–water partition coefficient (Wildman–Crippen LogP) is 0.887. The van der Waals surface area contributed by atoms with Gasteiger partial charge in [0, 0.05) is 7.11 Å². The maximum atomic E-state index is 13.0. The molecule has 0 aliphatic rings. The van der Waals surface area contributed by atoms with E-state index >= 15 is 0 Å². The van der Waals surface area contributed by atoms with Crippen LogP contribution in [0.4, 0.5) is 4.39 Å². The van der Waals surface area contributed by atoms with Crippen LogP contribution in [-0.2, 0) is 14.8 Å². The van der Waals surface area contributed by atoms with Gasteiger partial charge in [-0.3, -0.25) is 0 Å². The summed E-state index contributed by atoms with van der Waals surface area (Å²) >= 11 is 0. The maximum absolute atomic E-state index is 13.0. The van der Waals surface area contributed by atoms with Crippen LogP contribution in [0.25, 0.3) is 0 Å². The number of methoxy groups -OCH3 is 1. The first-order valence-corrected chi connectivity index (χ1v) is 6.37. The minimum atomic E-state index is -4.02. The van der Waals surface area contributed by atoms with Gasteiger partial charge in [-0.15, -0.1) is 0 Å². The van der Waals surface area contributed by atoms with Crippen LogP contribution in [0.2, 0.25) is 0 Å². The van der Waals surface area contributed by atoms with E-state index < -0.39 is 15.8 Å². The zero-order valence-electron chi connectivity index (χ0n) is 9.51. The number of rotatable bonds is 5. The summed E-state index contributed by atoms with van der Waals surface area (Å²) in [7, 11) is -2.53. The number of halogens is 1. The van der Waals surface area contributed by atoms with Crippen LogP contribution in [0.15, 0.2) is 23.1 Å². The fraction of sp³-hybridized carbons (Fsp3) is 0.400. The van der Waals surface area contributed by atoms with Crippen molar-refractivity contribution in [2.45, 2.75) is 17.9 Å². The molecule has 0 fully saturated rings. The quantitative estimate of drug-likeness (QED) is 0.855. The molecule has 0 radical (unpaired) electrons. The Balaban J connectivity index is 3.07. The first-order chi connectivity index (χ1) is 7.84. The van der Waals surface area contributed by atoms with Crippen molar-refractivity contribution in [2.24, 2.45) is 5.14 Å². The molecule has 96 valence electrons. The van der Waals surface area contributed by atoms with Crippen LogP contribution in [0.3, 0.4) is 0 Å². The monoisotopic (exact) mass is 263 g/mol. The Labute approximate surface area is 99.4 Å². The van der Waals surface area contributed by atoms with Gasteiger partial charge in [0.05, 0.1) is 6.61 Å². The van der Waals surface area contributed by atoms with E-state index in [1.165, 1.54) is 13.2 Å². The summed E-state index contributed by atoms with van der Waals surface area (Å²) in [5.41, 5.74) is 0. The molecular weight excluding hydrogens is 249 g/mol. The molecule has 0 spiro atoms. The SMILES string of the molecule is COCC(C)Oc1ccc(F)cc1S(N)(=O)=O. The number of hydrogen-bond acceptors (Lipinski definition) is 4. The van der Waals surface area contributed by atoms with Gasteiger partial charge in [0.1, 0.15) is 22.6 Å². The molecule has 1 atom stereocenters. The van der Waals surface area contributed by atoms with E-state index in [9.17, 15) is 12.8 Å². The lowest BCUT2D eigenvalue weighted by molar-refractivity contribution is 0.0900. The molecule has 0 aromatic heterocycles. The highest BCUT2D eigenvalue weighted by atomic mass is 32.2. The molecule has 1 unspecified atom stereocenters. The van der Waals surface area contributed by atoms with E-state index in [0.29, 0.717) is 0 Å². The van der Waals surface area contributed by atoms with Crippen LogP contribution in [0, 0.1) is 5.82 Å². The summed E-state index contributed by atoms with van der Waals surface area (Å²) in [6.45, 7) is 1.97. The smallest absolute Gasteiger partial charge is 0.241 e. The van der Waals surface area contributed by atoms with Crippen molar-refractivity contribution in [3.05, 3.63) is 24.0 Å². The molecule has 0 heterocycles. The van der Waals surface area contributed by atoms with E-state index in [-0.39, 0.29) is 23.4 Å². The van der Waals surface area contributed by atoms with E-state index in [2.05, 4.69) is 0 Å². The molecule has 1 aromatic rings. The summed E-state index contributed by atoms with van der Waals surface area (Å²) < 4.78 is 45.6. The van der Waals surface area contributed by atoms with Gasteiger partial charge in [0.25, 0.3) is 0 Å². The number of primary sulfonamides is 1. The van der Waals surface area contributed by atoms with E-state index in [1.807, 2.05) is 0 Å². The number of ether oxygens (including phenoxy) is 2. The van der Waals surface area contributed by atoms with Crippen molar-refractivity contribution in [1.82, 2.24) is 0 Å². The fourth-order valence-electron chi connectivity index (χ4n) is 1.29. The van der Waals surface area contributed by atoms with Crippen molar-refractivity contribution in [3.63, 3.8) is 0 Å². The zero-order chi connectivity index (χ0) is 13.1. The molecule has 0 amide bonds. The average molecular weight is 263 g/mol. The third kappa shape index (κ3) is 3.95. The lowest BCUT2D eigenvalue weighted by atomic mass is 10.3. The lowest BCUT2D eigenvalue weighted by Crippen LogP contribution is -2.21. The summed E-state index contributed by atoms with van der Waals surface area (Å²) in [6, 6.07) is 3.15. The van der Waals surface area contributed by atoms with Crippen molar-refractivity contribution in [2.75, 3.05) is 13.7 Å². The highest BCUT2D eigenvalue weighted by molar-refractivity contribution is 7.89. The van der Waals surface area contributed by atoms with Crippen molar-refractivity contribution in [1.29, 1.82) is 0 Å². The van der Waals surface area contributed by atoms with Gasteiger partial charge in [-0.05, 0) is 25.1 Å². The third-order valence-corrected chi connectivity index (χ3v) is 2.87. The first kappa shape index (κ1) is 13.9. The lowest BCUT2D eigenvalue weighted by Gasteiger charge is -2.15. The average Bonchev–Trinajstić information content (AvgIpc) is 2.19. The van der Waals surface area contributed by atoms with E-state index in [0.717, 1.165) is 12.1 Å². The second-order valence-corrected chi connectivity index (χ2v) is 5.05. The van der Waals surface area contributed by atoms with Gasteiger partial charge in [0.2, 0.25) is 10.0 Å². The molecule has 17 heavy (non-hydrogen) atoms. The Hall–Kier alpha value is -1.18. The molecule has 2 N–H and O–H groups in total. The van der Waals surface area contributed by atoms with Gasteiger partial charge >= 0.3 is 0 Å². The van der Waals surface area contributed by atoms with E-state index in [1.54, 1.807) is 6.92 Å². The Morgan fingerprint density at radius 3 is 2.65 bits per heavy atom. The molecule has 0 bridgehead atoms. The van der Waals surface area contributed by atoms with Crippen LogP contribution in [0.1, 0.15) is 6.92 Å². The Bertz CT molecular complexity index is 489. The van der Waals surface area contributed by atoms with Gasteiger partial charge in [-0.25, -0.2) is 17.9 Å². The molecule has 7 heteroatoms. The van der Waals surface area contributed by atoms with Crippen molar-refractivity contribution < 1.29 is 22.3 Å². The molecule has 0 saturated heterocycles. The van der Waals surface area contributed by atoms with Crippen LogP contribution in [-0.4, -0.2) is 28.2 Å². The summed E-state index contributed by atoms with van der Waals surface area (Å²) in [6.07, 6.45) is -0.369. The van der Waals surface area contributed by atoms with E-state index in [4.69, 9.17) is 14.6 Å². The van der Waals surface area contributed by atoms with Gasteiger partial charge < -0.3 is 9.47 Å². The molecule has 0 aliphatic heterocycles. The first-order valence-electron chi connectivity index (χ1n) is 4.82. The minimum absolute atomic E-state index is 0.0125. The molecule has 1 rings (SSSR count). The third-order valence-electron chi connectivity index (χ3n) is 1.94. The highest BCUT2D eigenvalue weighted by Gasteiger charge is 2.18. The normalized spacial score (nSPS) is 13.4. The van der Waals surface area contributed by atoms with Crippen LogP contribution in [0.5, 0.6) is 5.75 Å². The van der Waals surface area contributed by atoms with Gasteiger partial charge in [-0.2, -0.15) is 0 Å². The molecule has 0 aliphatic carbocycles. The molecule has 1 aromatic carbocycles. The Morgan fingerprint density at radius 1 is 1.47 bits per heavy atom.